The standard InChI is InChI=1S/C9H12F2O4/c1-5(12)15-7-3-2-6(8(13)14)4-9(7,10)11/h6-7H,2-4H2,1H3,(H,13,14)/t6-,7-/m1/s1. The van der Waals surface area contributed by atoms with E-state index in [1.165, 1.54) is 0 Å². The summed E-state index contributed by atoms with van der Waals surface area (Å²) in [5, 5.41) is 8.60. The highest BCUT2D eigenvalue weighted by Gasteiger charge is 2.49. The predicted octanol–water partition coefficient (Wildman–Crippen LogP) is 1.44. The molecule has 0 aromatic carbocycles. The van der Waals surface area contributed by atoms with Gasteiger partial charge < -0.3 is 9.84 Å². The maximum atomic E-state index is 13.3. The van der Waals surface area contributed by atoms with Crippen LogP contribution in [0.25, 0.3) is 0 Å². The van der Waals surface area contributed by atoms with Crippen LogP contribution < -0.4 is 0 Å². The molecule has 1 saturated carbocycles. The van der Waals surface area contributed by atoms with E-state index in [4.69, 9.17) is 5.11 Å². The number of carboxylic acids is 1. The van der Waals surface area contributed by atoms with Gasteiger partial charge in [0.15, 0.2) is 6.10 Å². The van der Waals surface area contributed by atoms with Crippen LogP contribution in [0.5, 0.6) is 0 Å². The molecule has 6 heteroatoms. The second-order valence-electron chi connectivity index (χ2n) is 3.68. The van der Waals surface area contributed by atoms with E-state index in [-0.39, 0.29) is 12.8 Å². The maximum Gasteiger partial charge on any atom is 0.306 e. The third-order valence-corrected chi connectivity index (χ3v) is 2.42. The Balaban J connectivity index is 2.66. The van der Waals surface area contributed by atoms with E-state index < -0.39 is 36.3 Å². The second kappa shape index (κ2) is 4.12. The van der Waals surface area contributed by atoms with E-state index in [2.05, 4.69) is 4.74 Å². The predicted molar refractivity (Wildman–Crippen MR) is 45.5 cm³/mol. The minimum absolute atomic E-state index is 0.108. The number of aliphatic carboxylic acids is 1. The monoisotopic (exact) mass is 222 g/mol. The van der Waals surface area contributed by atoms with Gasteiger partial charge in [-0.2, -0.15) is 0 Å². The Labute approximate surface area is 85.2 Å². The summed E-state index contributed by atoms with van der Waals surface area (Å²) in [6.45, 7) is 1.05. The van der Waals surface area contributed by atoms with Crippen molar-refractivity contribution in [1.82, 2.24) is 0 Å². The Morgan fingerprint density at radius 3 is 2.40 bits per heavy atom. The van der Waals surface area contributed by atoms with Crippen molar-refractivity contribution in [2.24, 2.45) is 5.92 Å². The highest BCUT2D eigenvalue weighted by atomic mass is 19.3. The highest BCUT2D eigenvalue weighted by Crippen LogP contribution is 2.38. The lowest BCUT2D eigenvalue weighted by molar-refractivity contribution is -0.188. The maximum absolute atomic E-state index is 13.3. The number of carbonyl (C=O) groups excluding carboxylic acids is 1. The molecule has 4 nitrogen and oxygen atoms in total. The molecule has 0 radical (unpaired) electrons. The number of hydrogen-bond donors (Lipinski definition) is 1. The summed E-state index contributed by atoms with van der Waals surface area (Å²) >= 11 is 0. The minimum Gasteiger partial charge on any atom is -0.481 e. The fourth-order valence-electron chi connectivity index (χ4n) is 1.68. The molecule has 1 aliphatic carbocycles. The average molecular weight is 222 g/mol. The van der Waals surface area contributed by atoms with Crippen LogP contribution >= 0.6 is 0 Å². The van der Waals surface area contributed by atoms with Gasteiger partial charge in [-0.1, -0.05) is 0 Å². The van der Waals surface area contributed by atoms with Crippen LogP contribution in [0.1, 0.15) is 26.2 Å². The van der Waals surface area contributed by atoms with E-state index in [9.17, 15) is 18.4 Å². The van der Waals surface area contributed by atoms with Gasteiger partial charge >= 0.3 is 11.9 Å². The van der Waals surface area contributed by atoms with E-state index in [0.29, 0.717) is 0 Å². The van der Waals surface area contributed by atoms with Crippen LogP contribution in [0.15, 0.2) is 0 Å². The summed E-state index contributed by atoms with van der Waals surface area (Å²) in [6.07, 6.45) is -2.24. The molecule has 0 aromatic heterocycles. The molecule has 15 heavy (non-hydrogen) atoms. The molecule has 0 aliphatic heterocycles. The summed E-state index contributed by atoms with van der Waals surface area (Å²) < 4.78 is 31.1. The zero-order valence-corrected chi connectivity index (χ0v) is 8.20. The molecule has 0 spiro atoms. The Morgan fingerprint density at radius 2 is 2.00 bits per heavy atom. The van der Waals surface area contributed by atoms with Gasteiger partial charge in [0, 0.05) is 13.3 Å². The van der Waals surface area contributed by atoms with E-state index in [1.54, 1.807) is 0 Å². The number of ether oxygens (including phenoxy) is 1. The Morgan fingerprint density at radius 1 is 1.40 bits per heavy atom. The van der Waals surface area contributed by atoms with Crippen molar-refractivity contribution in [1.29, 1.82) is 0 Å². The Kier molecular flexibility index (Phi) is 3.26. The van der Waals surface area contributed by atoms with Crippen molar-refractivity contribution in [3.05, 3.63) is 0 Å². The fraction of sp³-hybridized carbons (Fsp3) is 0.778. The molecule has 0 bridgehead atoms. The normalized spacial score (nSPS) is 29.5. The first kappa shape index (κ1) is 11.9. The topological polar surface area (TPSA) is 63.6 Å². The number of rotatable bonds is 2. The van der Waals surface area contributed by atoms with Crippen LogP contribution in [0, 0.1) is 5.92 Å². The number of alkyl halides is 2. The molecule has 2 atom stereocenters. The van der Waals surface area contributed by atoms with Crippen LogP contribution in [-0.4, -0.2) is 29.1 Å². The molecule has 1 rings (SSSR count). The molecule has 0 unspecified atom stereocenters. The number of halogens is 2. The lowest BCUT2D eigenvalue weighted by Gasteiger charge is -2.33. The summed E-state index contributed by atoms with van der Waals surface area (Å²) in [5.74, 6) is -6.29. The first-order valence-electron chi connectivity index (χ1n) is 4.61. The van der Waals surface area contributed by atoms with Crippen molar-refractivity contribution < 1.29 is 28.2 Å². The first-order valence-corrected chi connectivity index (χ1v) is 4.61. The zero-order valence-electron chi connectivity index (χ0n) is 8.20. The first-order chi connectivity index (χ1) is 6.83. The van der Waals surface area contributed by atoms with Gasteiger partial charge in [0.25, 0.3) is 5.92 Å². The van der Waals surface area contributed by atoms with E-state index >= 15 is 0 Å². The number of esters is 1. The summed E-state index contributed by atoms with van der Waals surface area (Å²) in [4.78, 5) is 21.1. The number of hydrogen-bond acceptors (Lipinski definition) is 3. The Hall–Kier alpha value is -1.20. The number of carbonyl (C=O) groups is 2. The van der Waals surface area contributed by atoms with Gasteiger partial charge in [0.05, 0.1) is 5.92 Å². The molecule has 1 N–H and O–H groups in total. The molecule has 0 saturated heterocycles. The Bertz CT molecular complexity index is 277. The van der Waals surface area contributed by atoms with Crippen molar-refractivity contribution in [2.45, 2.75) is 38.2 Å². The lowest BCUT2D eigenvalue weighted by atomic mass is 9.84. The SMILES string of the molecule is CC(=O)O[C@@H]1CC[C@@H](C(=O)O)CC1(F)F. The van der Waals surface area contributed by atoms with E-state index in [0.717, 1.165) is 6.92 Å². The minimum atomic E-state index is -3.24. The van der Waals surface area contributed by atoms with Crippen LogP contribution in [0.3, 0.4) is 0 Å². The van der Waals surface area contributed by atoms with Crippen LogP contribution in [0.2, 0.25) is 0 Å². The van der Waals surface area contributed by atoms with Gasteiger partial charge in [0.2, 0.25) is 0 Å². The fourth-order valence-corrected chi connectivity index (χ4v) is 1.68. The smallest absolute Gasteiger partial charge is 0.306 e. The van der Waals surface area contributed by atoms with Crippen LogP contribution in [0.4, 0.5) is 8.78 Å². The molecule has 0 heterocycles. The van der Waals surface area contributed by atoms with Gasteiger partial charge in [-0.05, 0) is 12.8 Å². The summed E-state index contributed by atoms with van der Waals surface area (Å²) in [6, 6.07) is 0. The largest absolute Gasteiger partial charge is 0.481 e. The molecule has 1 fully saturated rings. The van der Waals surface area contributed by atoms with Gasteiger partial charge in [-0.25, -0.2) is 8.78 Å². The second-order valence-corrected chi connectivity index (χ2v) is 3.68. The zero-order chi connectivity index (χ0) is 11.6. The third-order valence-electron chi connectivity index (χ3n) is 2.42. The van der Waals surface area contributed by atoms with Crippen molar-refractivity contribution in [3.63, 3.8) is 0 Å². The van der Waals surface area contributed by atoms with Crippen molar-refractivity contribution in [3.8, 4) is 0 Å². The van der Waals surface area contributed by atoms with Gasteiger partial charge in [-0.3, -0.25) is 9.59 Å². The lowest BCUT2D eigenvalue weighted by Crippen LogP contribution is -2.44. The average Bonchev–Trinajstić information content (AvgIpc) is 2.07. The van der Waals surface area contributed by atoms with Crippen molar-refractivity contribution in [2.75, 3.05) is 0 Å². The highest BCUT2D eigenvalue weighted by molar-refractivity contribution is 5.70. The molecule has 0 amide bonds. The summed E-state index contributed by atoms with van der Waals surface area (Å²) in [5.41, 5.74) is 0. The van der Waals surface area contributed by atoms with Crippen molar-refractivity contribution >= 4 is 11.9 Å². The van der Waals surface area contributed by atoms with Gasteiger partial charge in [0.1, 0.15) is 0 Å². The quantitative estimate of drug-likeness (QED) is 0.718. The summed E-state index contributed by atoms with van der Waals surface area (Å²) in [7, 11) is 0. The number of carboxylic acid groups (broad SMARTS) is 1. The van der Waals surface area contributed by atoms with E-state index in [1.807, 2.05) is 0 Å². The van der Waals surface area contributed by atoms with Gasteiger partial charge in [-0.15, -0.1) is 0 Å². The third kappa shape index (κ3) is 2.87. The molecule has 1 aliphatic rings. The molecular formula is C9H12F2O4. The van der Waals surface area contributed by atoms with Crippen LogP contribution in [-0.2, 0) is 14.3 Å². The molecule has 86 valence electrons. The molecule has 0 aromatic rings. The molecular weight excluding hydrogens is 210 g/mol.